The van der Waals surface area contributed by atoms with Crippen LogP contribution < -0.4 is 1.78 Å². The maximum absolute atomic E-state index is 5.05. The molecule has 9 rings (SSSR count). The second-order valence-corrected chi connectivity index (χ2v) is 10.7. The van der Waals surface area contributed by atoms with Crippen LogP contribution in [0.25, 0.3) is 89.7 Å². The summed E-state index contributed by atoms with van der Waals surface area (Å²) in [6.45, 7) is 0. The molecule has 8 bridgehead atoms. The molecule has 7 aromatic rings. The van der Waals surface area contributed by atoms with Crippen LogP contribution >= 0.6 is 0 Å². The van der Waals surface area contributed by atoms with E-state index in [0.717, 1.165) is 45.6 Å². The van der Waals surface area contributed by atoms with Crippen molar-refractivity contribution < 1.29 is 35.0 Å². The normalized spacial score (nSPS) is 12.0. The van der Waals surface area contributed by atoms with Crippen molar-refractivity contribution in [2.45, 2.75) is 0 Å². The number of H-pyrrole nitrogens is 2. The van der Waals surface area contributed by atoms with Crippen LogP contribution in [0.5, 0.6) is 0 Å². The zero-order valence-corrected chi connectivity index (χ0v) is 22.8. The predicted molar refractivity (Wildman–Crippen MR) is 156 cm³/mol. The molecule has 2 N–H and O–H groups in total. The Kier molecular flexibility index (Phi) is 4.94. The molecule has 8 nitrogen and oxygen atoms in total. The molecule has 2 aliphatic rings. The molecule has 9 heteroatoms. The molecule has 0 fully saturated rings. The Labute approximate surface area is 255 Å². The summed E-state index contributed by atoms with van der Waals surface area (Å²) in [6.07, 6.45) is 0. The minimum atomic E-state index is 0.583. The Balaban J connectivity index is 1.52. The molecule has 0 atom stereocenters. The average molecular weight is 689 g/mol. The van der Waals surface area contributed by atoms with E-state index in [1.54, 1.807) is 0 Å². The summed E-state index contributed by atoms with van der Waals surface area (Å²) in [5.41, 5.74) is 6.36. The first-order valence-corrected chi connectivity index (χ1v) is 13.9. The van der Waals surface area contributed by atoms with Crippen molar-refractivity contribution in [3.63, 3.8) is 0 Å². The quantitative estimate of drug-likeness (QED) is 0.201. The number of nitrogens with one attached hydrogen (secondary N) is 2. The Hall–Kier alpha value is -4.53. The molecule has 0 radical (unpaired) electrons. The van der Waals surface area contributed by atoms with Crippen molar-refractivity contribution in [1.82, 2.24) is 39.9 Å². The molecule has 0 amide bonds. The van der Waals surface area contributed by atoms with Gasteiger partial charge < -0.3 is 0 Å². The Morgan fingerprint density at radius 1 is 0.390 bits per heavy atom. The zero-order valence-electron chi connectivity index (χ0n) is 21.1. The van der Waals surface area contributed by atoms with Crippen molar-refractivity contribution in [2.24, 2.45) is 0 Å². The Morgan fingerprint density at radius 2 is 0.780 bits per heavy atom. The van der Waals surface area contributed by atoms with Crippen molar-refractivity contribution in [3.05, 3.63) is 91.0 Å². The number of rotatable bonds is 0. The molecule has 0 spiro atoms. The summed E-state index contributed by atoms with van der Waals surface area (Å²) in [7, 11) is 0. The van der Waals surface area contributed by atoms with E-state index in [0.29, 0.717) is 45.9 Å². The molecular formula is C32H17LuN8. The summed E-state index contributed by atoms with van der Waals surface area (Å²) in [5.74, 6) is 2.35. The molecule has 200 valence electrons. The van der Waals surface area contributed by atoms with Crippen molar-refractivity contribution in [1.29, 1.82) is 0 Å². The maximum atomic E-state index is 5.05. The first-order chi connectivity index (χ1) is 20.2. The zero-order chi connectivity index (χ0) is 27.1. The fraction of sp³-hybridized carbons (Fsp3) is 0. The summed E-state index contributed by atoms with van der Waals surface area (Å²) in [5, 5.41) is 3.76. The molecule has 41 heavy (non-hydrogen) atoms. The van der Waals surface area contributed by atoms with Crippen molar-refractivity contribution >= 4 is 45.9 Å². The number of aromatic amines is 2. The summed E-state index contributed by atoms with van der Waals surface area (Å²) in [4.78, 5) is 36.9. The third kappa shape index (κ3) is 3.51. The van der Waals surface area contributed by atoms with E-state index < -0.39 is 0 Å². The van der Waals surface area contributed by atoms with Gasteiger partial charge in [-0.1, -0.05) is 6.07 Å². The first kappa shape index (κ1) is 23.2. The van der Waals surface area contributed by atoms with Crippen molar-refractivity contribution in [3.8, 4) is 45.6 Å². The SMILES string of the molecule is [Lu][c]1cccc2c3nc4nc(nc5[nH]c(nc6nc(nc([nH]3)c12)-c1ccccc1-6)c1ccccc51)-c1ccccc1-4. The molecule has 0 aliphatic carbocycles. The number of nitrogens with zero attached hydrogens (tertiary/aromatic N) is 6. The third-order valence-corrected chi connectivity index (χ3v) is 8.17. The number of aromatic nitrogens is 8. The average Bonchev–Trinajstić information content (AvgIpc) is 3.73. The van der Waals surface area contributed by atoms with Crippen LogP contribution in [0.3, 0.4) is 0 Å². The fourth-order valence-corrected chi connectivity index (χ4v) is 6.18. The molecular weight excluding hydrogens is 671 g/mol. The fourth-order valence-electron chi connectivity index (χ4n) is 5.61. The van der Waals surface area contributed by atoms with Gasteiger partial charge in [-0.05, 0) is 0 Å². The van der Waals surface area contributed by atoms with E-state index in [1.165, 1.54) is 0 Å². The van der Waals surface area contributed by atoms with E-state index in [1.807, 2.05) is 91.0 Å². The minimum absolute atomic E-state index is 0.583. The van der Waals surface area contributed by atoms with Gasteiger partial charge >= 0.3 is 251 Å². The van der Waals surface area contributed by atoms with Gasteiger partial charge in [-0.2, -0.15) is 0 Å². The molecule has 0 saturated carbocycles. The number of benzene rings is 4. The van der Waals surface area contributed by atoms with Crippen LogP contribution in [0, 0.1) is 35.0 Å². The molecule has 2 aliphatic heterocycles. The second kappa shape index (κ2) is 8.73. The van der Waals surface area contributed by atoms with Crippen LogP contribution in [0.15, 0.2) is 91.0 Å². The van der Waals surface area contributed by atoms with Gasteiger partial charge in [0.2, 0.25) is 0 Å². The van der Waals surface area contributed by atoms with Crippen LogP contribution in [0.1, 0.15) is 0 Å². The molecule has 0 saturated heterocycles. The molecule has 5 heterocycles. The molecule has 4 aromatic carbocycles. The van der Waals surface area contributed by atoms with Crippen LogP contribution in [-0.4, -0.2) is 39.9 Å². The summed E-state index contributed by atoms with van der Waals surface area (Å²) >= 11 is 3.55. The monoisotopic (exact) mass is 688 g/mol. The van der Waals surface area contributed by atoms with Crippen LogP contribution in [-0.2, 0) is 0 Å². The van der Waals surface area contributed by atoms with Gasteiger partial charge in [0.1, 0.15) is 0 Å². The second-order valence-electron chi connectivity index (χ2n) is 9.84. The summed E-state index contributed by atoms with van der Waals surface area (Å²) in [6, 6.07) is 30.2. The van der Waals surface area contributed by atoms with Gasteiger partial charge in [0.15, 0.2) is 0 Å². The van der Waals surface area contributed by atoms with Gasteiger partial charge in [0, 0.05) is 0 Å². The van der Waals surface area contributed by atoms with E-state index >= 15 is 0 Å². The van der Waals surface area contributed by atoms with Gasteiger partial charge in [0.25, 0.3) is 0 Å². The molecule has 0 unspecified atom stereocenters. The van der Waals surface area contributed by atoms with Gasteiger partial charge in [-0.3, -0.25) is 0 Å². The third-order valence-electron chi connectivity index (χ3n) is 7.48. The Morgan fingerprint density at radius 3 is 1.29 bits per heavy atom. The number of hydrogen-bond acceptors (Lipinski definition) is 6. The molecule has 3 aromatic heterocycles. The van der Waals surface area contributed by atoms with Crippen LogP contribution in [0.4, 0.5) is 0 Å². The van der Waals surface area contributed by atoms with Gasteiger partial charge in [-0.25, -0.2) is 0 Å². The van der Waals surface area contributed by atoms with Crippen molar-refractivity contribution in [2.75, 3.05) is 0 Å². The standard InChI is InChI=1S/C32H17N8.Lu/c1-2-10-18-17(9-1)25-33-26(18)38-28-21-13-5-6-14-22(21)30(35-28)40-32-24-16-8-7-15-23(24)31(36-32)39-29-20-12-4-3-11-19(20)27(34-29)37-25;/h1-15H,(H2,33,34,35,36,37,38,39,40);. The predicted octanol–water partition coefficient (Wildman–Crippen LogP) is 6.04. The van der Waals surface area contributed by atoms with Gasteiger partial charge in [0.05, 0.1) is 0 Å². The topological polar surface area (TPSA) is 109 Å². The number of hydrogen-bond donors (Lipinski definition) is 2. The van der Waals surface area contributed by atoms with E-state index in [-0.39, 0.29) is 0 Å². The van der Waals surface area contributed by atoms with E-state index in [9.17, 15) is 0 Å². The van der Waals surface area contributed by atoms with E-state index in [4.69, 9.17) is 29.9 Å². The van der Waals surface area contributed by atoms with Crippen LogP contribution in [0.2, 0.25) is 0 Å². The first-order valence-electron chi connectivity index (χ1n) is 13.0. The Bertz CT molecular complexity index is 2400. The van der Waals surface area contributed by atoms with E-state index in [2.05, 4.69) is 44.9 Å². The number of fused-ring (bicyclic) bond motifs is 20. The van der Waals surface area contributed by atoms with Gasteiger partial charge in [-0.15, -0.1) is 0 Å². The summed E-state index contributed by atoms with van der Waals surface area (Å²) < 4.78 is 0.929.